The molecule has 1 fully saturated rings. The molecule has 0 spiro atoms. The molecule has 1 saturated carbocycles. The summed E-state index contributed by atoms with van der Waals surface area (Å²) < 4.78 is 27.6. The lowest BCUT2D eigenvalue weighted by Gasteiger charge is -2.28. The third-order valence-corrected chi connectivity index (χ3v) is 5.79. The fourth-order valence-corrected chi connectivity index (χ4v) is 4.21. The number of carbonyl (C=O) groups is 1. The summed E-state index contributed by atoms with van der Waals surface area (Å²) in [6, 6.07) is 6.15. The SMILES string of the molecule is CCC1CCCC(NS(=O)(=O)c2ccc(C(C)=O)cc2)C1. The number of hydrogen-bond donors (Lipinski definition) is 1. The molecule has 1 aromatic rings. The molecule has 1 aliphatic carbocycles. The molecule has 4 nitrogen and oxygen atoms in total. The van der Waals surface area contributed by atoms with Crippen LogP contribution in [0.4, 0.5) is 0 Å². The van der Waals surface area contributed by atoms with E-state index in [2.05, 4.69) is 11.6 Å². The van der Waals surface area contributed by atoms with Gasteiger partial charge in [-0.3, -0.25) is 4.79 Å². The molecule has 21 heavy (non-hydrogen) atoms. The Kier molecular flexibility index (Phi) is 5.17. The fraction of sp³-hybridized carbons (Fsp3) is 0.562. The van der Waals surface area contributed by atoms with Gasteiger partial charge in [-0.1, -0.05) is 38.3 Å². The molecule has 0 aromatic heterocycles. The van der Waals surface area contributed by atoms with Crippen LogP contribution in [0.15, 0.2) is 29.2 Å². The molecule has 1 aromatic carbocycles. The lowest BCUT2D eigenvalue weighted by atomic mass is 9.85. The minimum absolute atomic E-state index is 0.0289. The Bertz CT molecular complexity index is 592. The summed E-state index contributed by atoms with van der Waals surface area (Å²) >= 11 is 0. The lowest BCUT2D eigenvalue weighted by molar-refractivity contribution is 0.101. The van der Waals surface area contributed by atoms with Crippen molar-refractivity contribution in [3.8, 4) is 0 Å². The van der Waals surface area contributed by atoms with Gasteiger partial charge in [0.1, 0.15) is 0 Å². The smallest absolute Gasteiger partial charge is 0.240 e. The number of carbonyl (C=O) groups excluding carboxylic acids is 1. The van der Waals surface area contributed by atoms with E-state index < -0.39 is 10.0 Å². The van der Waals surface area contributed by atoms with Gasteiger partial charge in [-0.15, -0.1) is 0 Å². The van der Waals surface area contributed by atoms with Crippen LogP contribution in [0.25, 0.3) is 0 Å². The molecular formula is C16H23NO3S. The van der Waals surface area contributed by atoms with Gasteiger partial charge < -0.3 is 0 Å². The third kappa shape index (κ3) is 4.14. The summed E-state index contributed by atoms with van der Waals surface area (Å²) in [6.07, 6.45) is 5.20. The van der Waals surface area contributed by atoms with Crippen LogP contribution < -0.4 is 4.72 Å². The number of ketones is 1. The average molecular weight is 309 g/mol. The van der Waals surface area contributed by atoms with Crippen molar-refractivity contribution in [1.82, 2.24) is 4.72 Å². The van der Waals surface area contributed by atoms with E-state index >= 15 is 0 Å². The Hall–Kier alpha value is -1.20. The standard InChI is InChI=1S/C16H23NO3S/c1-3-13-5-4-6-15(11-13)17-21(19,20)16-9-7-14(8-10-16)12(2)18/h7-10,13,15,17H,3-6,11H2,1-2H3. The van der Waals surface area contributed by atoms with E-state index in [0.717, 1.165) is 25.7 Å². The largest absolute Gasteiger partial charge is 0.295 e. The molecule has 1 N–H and O–H groups in total. The zero-order valence-electron chi connectivity index (χ0n) is 12.6. The first-order valence-electron chi connectivity index (χ1n) is 7.55. The molecule has 2 rings (SSSR count). The van der Waals surface area contributed by atoms with Gasteiger partial charge in [-0.25, -0.2) is 13.1 Å². The van der Waals surface area contributed by atoms with E-state index in [9.17, 15) is 13.2 Å². The number of rotatable bonds is 5. The van der Waals surface area contributed by atoms with Crippen LogP contribution in [0.1, 0.15) is 56.3 Å². The summed E-state index contributed by atoms with van der Waals surface area (Å²) in [5.41, 5.74) is 0.526. The first-order chi connectivity index (χ1) is 9.92. The summed E-state index contributed by atoms with van der Waals surface area (Å²) in [5, 5.41) is 0. The fourth-order valence-electron chi connectivity index (χ4n) is 2.93. The molecule has 2 unspecified atom stereocenters. The van der Waals surface area contributed by atoms with E-state index in [1.54, 1.807) is 12.1 Å². The predicted molar refractivity (Wildman–Crippen MR) is 82.8 cm³/mol. The quantitative estimate of drug-likeness (QED) is 0.850. The van der Waals surface area contributed by atoms with Crippen molar-refractivity contribution in [3.63, 3.8) is 0 Å². The molecule has 0 amide bonds. The number of hydrogen-bond acceptors (Lipinski definition) is 3. The van der Waals surface area contributed by atoms with E-state index in [-0.39, 0.29) is 16.7 Å². The van der Waals surface area contributed by atoms with Crippen LogP contribution in [0.3, 0.4) is 0 Å². The van der Waals surface area contributed by atoms with E-state index in [1.165, 1.54) is 25.5 Å². The number of Topliss-reactive ketones (excluding diaryl/α,β-unsaturated/α-hetero) is 1. The Morgan fingerprint density at radius 3 is 2.48 bits per heavy atom. The number of benzene rings is 1. The van der Waals surface area contributed by atoms with Gasteiger partial charge in [0.15, 0.2) is 5.78 Å². The van der Waals surface area contributed by atoms with E-state index in [0.29, 0.717) is 11.5 Å². The minimum Gasteiger partial charge on any atom is -0.295 e. The lowest BCUT2D eigenvalue weighted by Crippen LogP contribution is -2.38. The first-order valence-corrected chi connectivity index (χ1v) is 9.04. The van der Waals surface area contributed by atoms with Gasteiger partial charge >= 0.3 is 0 Å². The highest BCUT2D eigenvalue weighted by atomic mass is 32.2. The predicted octanol–water partition coefficient (Wildman–Crippen LogP) is 3.14. The number of nitrogens with one attached hydrogen (secondary N) is 1. The molecule has 1 aliphatic rings. The summed E-state index contributed by atoms with van der Waals surface area (Å²) in [7, 11) is -3.50. The van der Waals surface area contributed by atoms with E-state index in [4.69, 9.17) is 0 Å². The monoisotopic (exact) mass is 309 g/mol. The van der Waals surface area contributed by atoms with Gasteiger partial charge in [-0.2, -0.15) is 0 Å². The van der Waals surface area contributed by atoms with Gasteiger partial charge in [0, 0.05) is 11.6 Å². The van der Waals surface area contributed by atoms with Gasteiger partial charge in [0.2, 0.25) is 10.0 Å². The van der Waals surface area contributed by atoms with Crippen molar-refractivity contribution in [2.24, 2.45) is 5.92 Å². The average Bonchev–Trinajstić information content (AvgIpc) is 2.47. The normalized spacial score (nSPS) is 23.0. The molecule has 0 bridgehead atoms. The topological polar surface area (TPSA) is 63.2 Å². The molecule has 116 valence electrons. The summed E-state index contributed by atoms with van der Waals surface area (Å²) in [6.45, 7) is 3.62. The van der Waals surface area contributed by atoms with Crippen molar-refractivity contribution < 1.29 is 13.2 Å². The van der Waals surface area contributed by atoms with Gasteiger partial charge in [0.25, 0.3) is 0 Å². The highest BCUT2D eigenvalue weighted by Crippen LogP contribution is 2.27. The third-order valence-electron chi connectivity index (χ3n) is 4.25. The summed E-state index contributed by atoms with van der Waals surface area (Å²) in [4.78, 5) is 11.5. The number of sulfonamides is 1. The van der Waals surface area contributed by atoms with Crippen LogP contribution in [-0.2, 0) is 10.0 Å². The molecule has 0 aliphatic heterocycles. The van der Waals surface area contributed by atoms with Gasteiger partial charge in [-0.05, 0) is 37.8 Å². The first kappa shape index (κ1) is 16.2. The second kappa shape index (κ2) is 6.71. The Labute approximate surface area is 127 Å². The van der Waals surface area contributed by atoms with Crippen LogP contribution in [-0.4, -0.2) is 20.2 Å². The minimum atomic E-state index is -3.50. The van der Waals surface area contributed by atoms with Crippen LogP contribution in [0.2, 0.25) is 0 Å². The second-order valence-electron chi connectivity index (χ2n) is 5.84. The maximum Gasteiger partial charge on any atom is 0.240 e. The molecule has 0 heterocycles. The van der Waals surface area contributed by atoms with Crippen LogP contribution >= 0.6 is 0 Å². The van der Waals surface area contributed by atoms with Crippen molar-refractivity contribution in [1.29, 1.82) is 0 Å². The zero-order valence-corrected chi connectivity index (χ0v) is 13.4. The zero-order chi connectivity index (χ0) is 15.5. The molecule has 0 saturated heterocycles. The van der Waals surface area contributed by atoms with Crippen molar-refractivity contribution >= 4 is 15.8 Å². The Morgan fingerprint density at radius 1 is 1.24 bits per heavy atom. The summed E-state index contributed by atoms with van der Waals surface area (Å²) in [5.74, 6) is 0.552. The maximum atomic E-state index is 12.4. The van der Waals surface area contributed by atoms with Crippen molar-refractivity contribution in [2.45, 2.75) is 56.9 Å². The van der Waals surface area contributed by atoms with Crippen LogP contribution in [0, 0.1) is 5.92 Å². The van der Waals surface area contributed by atoms with Crippen LogP contribution in [0.5, 0.6) is 0 Å². The maximum absolute atomic E-state index is 12.4. The van der Waals surface area contributed by atoms with Crippen molar-refractivity contribution in [3.05, 3.63) is 29.8 Å². The highest BCUT2D eigenvalue weighted by Gasteiger charge is 2.25. The molecule has 2 atom stereocenters. The van der Waals surface area contributed by atoms with E-state index in [1.807, 2.05) is 0 Å². The molecular weight excluding hydrogens is 286 g/mol. The molecule has 5 heteroatoms. The highest BCUT2D eigenvalue weighted by molar-refractivity contribution is 7.89. The molecule has 0 radical (unpaired) electrons. The van der Waals surface area contributed by atoms with Gasteiger partial charge in [0.05, 0.1) is 4.90 Å². The Balaban J connectivity index is 2.09. The van der Waals surface area contributed by atoms with Crippen molar-refractivity contribution in [2.75, 3.05) is 0 Å². The Morgan fingerprint density at radius 2 is 1.90 bits per heavy atom. The second-order valence-corrected chi connectivity index (χ2v) is 7.55.